The first-order chi connectivity index (χ1) is 8.85. The summed E-state index contributed by atoms with van der Waals surface area (Å²) >= 11 is 3.62. The maximum atomic E-state index is 3.80. The summed E-state index contributed by atoms with van der Waals surface area (Å²) in [7, 11) is 3.71. The molecule has 0 atom stereocenters. The Labute approximate surface area is 124 Å². The molecule has 0 aliphatic carbocycles. The van der Waals surface area contributed by atoms with Gasteiger partial charge in [0.05, 0.1) is 8.42 Å². The van der Waals surface area contributed by atoms with E-state index in [1.807, 2.05) is 56.4 Å². The van der Waals surface area contributed by atoms with Crippen molar-refractivity contribution in [3.8, 4) is 0 Å². The van der Waals surface area contributed by atoms with Crippen molar-refractivity contribution in [2.75, 3.05) is 0 Å². The third-order valence-electron chi connectivity index (χ3n) is 2.33. The Morgan fingerprint density at radius 3 is 1.72 bits per heavy atom. The van der Waals surface area contributed by atoms with E-state index in [9.17, 15) is 0 Å². The van der Waals surface area contributed by atoms with E-state index in [2.05, 4.69) is 36.1 Å². The van der Waals surface area contributed by atoms with Crippen LogP contribution in [0.4, 0.5) is 0 Å². The highest BCUT2D eigenvalue weighted by Gasteiger charge is 2.08. The fourth-order valence-corrected chi connectivity index (χ4v) is 6.53. The maximum absolute atomic E-state index is 3.80. The molecule has 0 aromatic carbocycles. The predicted octanol–water partition coefficient (Wildman–Crippen LogP) is 6.07. The van der Waals surface area contributed by atoms with Crippen molar-refractivity contribution < 1.29 is 0 Å². The van der Waals surface area contributed by atoms with Gasteiger partial charge in [0.2, 0.25) is 0 Å². The molecule has 0 aliphatic rings. The summed E-state index contributed by atoms with van der Waals surface area (Å²) in [4.78, 5) is 0. The second kappa shape index (κ2) is 7.24. The molecular formula is C14H14S4. The topological polar surface area (TPSA) is 0 Å². The molecule has 0 N–H and O–H groups in total. The highest BCUT2D eigenvalue weighted by atomic mass is 33.1. The molecule has 2 heterocycles. The maximum Gasteiger partial charge on any atom is 0.0744 e. The molecule has 0 amide bonds. The van der Waals surface area contributed by atoms with Crippen molar-refractivity contribution >= 4 is 44.3 Å². The molecule has 0 nitrogen and oxygen atoms in total. The lowest BCUT2D eigenvalue weighted by atomic mass is 10.2. The lowest BCUT2D eigenvalue weighted by Crippen LogP contribution is -1.78. The van der Waals surface area contributed by atoms with Gasteiger partial charge in [0.15, 0.2) is 0 Å². The molecular weight excluding hydrogens is 296 g/mol. The first-order valence-corrected chi connectivity index (χ1v) is 9.45. The van der Waals surface area contributed by atoms with Gasteiger partial charge >= 0.3 is 0 Å². The van der Waals surface area contributed by atoms with Gasteiger partial charge in [0.25, 0.3) is 0 Å². The molecule has 0 unspecified atom stereocenters. The van der Waals surface area contributed by atoms with Gasteiger partial charge in [-0.1, -0.05) is 12.2 Å². The second-order valence-corrected chi connectivity index (χ2v) is 8.12. The lowest BCUT2D eigenvalue weighted by Gasteiger charge is -2.01. The molecule has 0 radical (unpaired) electrons. The monoisotopic (exact) mass is 310 g/mol. The van der Waals surface area contributed by atoms with E-state index < -0.39 is 0 Å². The molecule has 4 heteroatoms. The van der Waals surface area contributed by atoms with E-state index >= 15 is 0 Å². The van der Waals surface area contributed by atoms with Crippen LogP contribution in [0.25, 0.3) is 0 Å². The fraction of sp³-hybridized carbons (Fsp3) is 0.143. The summed E-state index contributed by atoms with van der Waals surface area (Å²) in [6.45, 7) is 7.61. The largest absolute Gasteiger partial charge is 0.136 e. The van der Waals surface area contributed by atoms with E-state index in [4.69, 9.17) is 0 Å². The summed E-state index contributed by atoms with van der Waals surface area (Å²) in [6.07, 6.45) is 5.84. The molecule has 18 heavy (non-hydrogen) atoms. The Bertz CT molecular complexity index is 473. The van der Waals surface area contributed by atoms with Crippen LogP contribution in [-0.4, -0.2) is 0 Å². The van der Waals surface area contributed by atoms with Crippen LogP contribution < -0.4 is 0 Å². The van der Waals surface area contributed by atoms with E-state index in [0.717, 1.165) is 12.8 Å². The van der Waals surface area contributed by atoms with Crippen molar-refractivity contribution in [1.29, 1.82) is 0 Å². The highest BCUT2D eigenvalue weighted by molar-refractivity contribution is 8.77. The van der Waals surface area contributed by atoms with Crippen LogP contribution in [0.2, 0.25) is 0 Å². The zero-order valence-corrected chi connectivity index (χ0v) is 13.2. The molecule has 0 bridgehead atoms. The number of hydrogen-bond acceptors (Lipinski definition) is 4. The van der Waals surface area contributed by atoms with Gasteiger partial charge in [-0.15, -0.1) is 35.8 Å². The third kappa shape index (κ3) is 3.54. The molecule has 0 fully saturated rings. The van der Waals surface area contributed by atoms with Crippen LogP contribution in [0, 0.1) is 0 Å². The normalized spacial score (nSPS) is 10.4. The van der Waals surface area contributed by atoms with Crippen molar-refractivity contribution in [1.82, 2.24) is 0 Å². The molecule has 0 saturated carbocycles. The van der Waals surface area contributed by atoms with Crippen LogP contribution in [0.1, 0.15) is 11.1 Å². The van der Waals surface area contributed by atoms with Crippen LogP contribution in [0.5, 0.6) is 0 Å². The number of allylic oxidation sites excluding steroid dienone is 2. The van der Waals surface area contributed by atoms with Gasteiger partial charge in [0.1, 0.15) is 0 Å². The lowest BCUT2D eigenvalue weighted by molar-refractivity contribution is 1.24. The minimum atomic E-state index is 0.955. The minimum absolute atomic E-state index is 0.955. The van der Waals surface area contributed by atoms with Gasteiger partial charge in [-0.25, -0.2) is 0 Å². The zero-order valence-electron chi connectivity index (χ0n) is 9.93. The van der Waals surface area contributed by atoms with Gasteiger partial charge in [-0.2, -0.15) is 0 Å². The van der Waals surface area contributed by atoms with E-state index in [0.29, 0.717) is 0 Å². The second-order valence-electron chi connectivity index (χ2n) is 3.62. The van der Waals surface area contributed by atoms with Crippen LogP contribution >= 0.6 is 44.3 Å². The first-order valence-electron chi connectivity index (χ1n) is 5.54. The molecule has 94 valence electrons. The summed E-state index contributed by atoms with van der Waals surface area (Å²) in [5.41, 5.74) is 2.77. The minimum Gasteiger partial charge on any atom is -0.136 e. The predicted molar refractivity (Wildman–Crippen MR) is 88.2 cm³/mol. The average molecular weight is 311 g/mol. The van der Waals surface area contributed by atoms with Crippen LogP contribution in [0.3, 0.4) is 0 Å². The summed E-state index contributed by atoms with van der Waals surface area (Å²) < 4.78 is 2.77. The van der Waals surface area contributed by atoms with Gasteiger partial charge in [-0.3, -0.25) is 0 Å². The smallest absolute Gasteiger partial charge is 0.0744 e. The number of hydrogen-bond donors (Lipinski definition) is 0. The number of thiophene rings is 2. The molecule has 0 aliphatic heterocycles. The standard InChI is InChI=1S/C14H14S4/c1-3-5-11-7-9-15-13(11)17-18-14-12(6-4-2)8-10-16-14/h3-4,7-10H,1-2,5-6H2. The van der Waals surface area contributed by atoms with E-state index in [1.165, 1.54) is 19.5 Å². The third-order valence-corrected chi connectivity index (χ3v) is 7.70. The van der Waals surface area contributed by atoms with E-state index in [1.54, 1.807) is 0 Å². The molecule has 0 saturated heterocycles. The summed E-state index contributed by atoms with van der Waals surface area (Å²) in [5, 5.41) is 4.31. The Balaban J connectivity index is 2.02. The van der Waals surface area contributed by atoms with Gasteiger partial charge < -0.3 is 0 Å². The van der Waals surface area contributed by atoms with Crippen molar-refractivity contribution in [3.05, 3.63) is 59.3 Å². The summed E-state index contributed by atoms with van der Waals surface area (Å²) in [6, 6.07) is 4.38. The SMILES string of the molecule is C=CCc1ccsc1SSc1sccc1CC=C. The molecule has 2 rings (SSSR count). The Hall–Kier alpha value is -0.420. The number of rotatable bonds is 7. The van der Waals surface area contributed by atoms with Gasteiger partial charge in [0, 0.05) is 0 Å². The average Bonchev–Trinajstić information content (AvgIpc) is 2.97. The zero-order chi connectivity index (χ0) is 12.8. The van der Waals surface area contributed by atoms with Crippen LogP contribution in [0.15, 0.2) is 56.6 Å². The van der Waals surface area contributed by atoms with Crippen molar-refractivity contribution in [2.45, 2.75) is 21.3 Å². The summed E-state index contributed by atoms with van der Waals surface area (Å²) in [5.74, 6) is 0. The molecule has 0 spiro atoms. The highest BCUT2D eigenvalue weighted by Crippen LogP contribution is 2.45. The van der Waals surface area contributed by atoms with Crippen molar-refractivity contribution in [3.63, 3.8) is 0 Å². The van der Waals surface area contributed by atoms with Gasteiger partial charge in [-0.05, 0) is 68.4 Å². The van der Waals surface area contributed by atoms with E-state index in [-0.39, 0.29) is 0 Å². The molecule has 2 aromatic rings. The van der Waals surface area contributed by atoms with Crippen LogP contribution in [-0.2, 0) is 12.8 Å². The first kappa shape index (κ1) is 14.0. The molecule has 2 aromatic heterocycles. The Kier molecular flexibility index (Phi) is 5.63. The quantitative estimate of drug-likeness (QED) is 0.450. The fourth-order valence-electron chi connectivity index (χ4n) is 1.48. The Morgan fingerprint density at radius 1 is 0.889 bits per heavy atom. The van der Waals surface area contributed by atoms with Crippen molar-refractivity contribution in [2.24, 2.45) is 0 Å². The Morgan fingerprint density at radius 2 is 1.33 bits per heavy atom.